The molecular weight excluding hydrogens is 254 g/mol. The highest BCUT2D eigenvalue weighted by Gasteiger charge is 1.97. The van der Waals surface area contributed by atoms with Gasteiger partial charge in [-0.05, 0) is 61.1 Å². The summed E-state index contributed by atoms with van der Waals surface area (Å²) >= 11 is 0. The van der Waals surface area contributed by atoms with Crippen molar-refractivity contribution in [2.24, 2.45) is 0 Å². The quantitative estimate of drug-likeness (QED) is 0.600. The van der Waals surface area contributed by atoms with Crippen LogP contribution in [0.3, 0.4) is 0 Å². The second-order valence-corrected chi connectivity index (χ2v) is 5.17. The molecule has 2 aromatic carbocycles. The Morgan fingerprint density at radius 1 is 0.500 bits per heavy atom. The molecule has 0 aliphatic carbocycles. The van der Waals surface area contributed by atoms with Crippen LogP contribution >= 0.6 is 0 Å². The Balaban J connectivity index is 1.57. The van der Waals surface area contributed by atoms with Gasteiger partial charge in [-0.25, -0.2) is 8.78 Å². The van der Waals surface area contributed by atoms with Crippen LogP contribution in [0.15, 0.2) is 48.5 Å². The van der Waals surface area contributed by atoms with Crippen molar-refractivity contribution >= 4 is 0 Å². The molecule has 0 aromatic heterocycles. The predicted molar refractivity (Wildman–Crippen MR) is 78.7 cm³/mol. The fraction of sp³-hybridized carbons (Fsp3) is 0.333. The zero-order chi connectivity index (χ0) is 14.2. The van der Waals surface area contributed by atoms with E-state index in [1.807, 2.05) is 24.3 Å². The normalized spacial score (nSPS) is 10.7. The van der Waals surface area contributed by atoms with E-state index in [-0.39, 0.29) is 11.6 Å². The lowest BCUT2D eigenvalue weighted by atomic mass is 10.0. The van der Waals surface area contributed by atoms with Gasteiger partial charge in [0.25, 0.3) is 0 Å². The van der Waals surface area contributed by atoms with Gasteiger partial charge in [-0.1, -0.05) is 37.1 Å². The Morgan fingerprint density at radius 2 is 0.850 bits per heavy atom. The third kappa shape index (κ3) is 5.12. The number of unbranched alkanes of at least 4 members (excludes halogenated alkanes) is 3. The molecule has 0 heterocycles. The van der Waals surface area contributed by atoms with Crippen molar-refractivity contribution in [3.63, 3.8) is 0 Å². The summed E-state index contributed by atoms with van der Waals surface area (Å²) in [5.41, 5.74) is 2.40. The van der Waals surface area contributed by atoms with Crippen LogP contribution in [-0.2, 0) is 12.8 Å². The first-order chi connectivity index (χ1) is 9.74. The van der Waals surface area contributed by atoms with Crippen molar-refractivity contribution in [3.05, 3.63) is 71.3 Å². The van der Waals surface area contributed by atoms with E-state index in [0.717, 1.165) is 25.7 Å². The summed E-state index contributed by atoms with van der Waals surface area (Å²) in [5.74, 6) is -0.346. The second kappa shape index (κ2) is 7.78. The first-order valence-electron chi connectivity index (χ1n) is 7.23. The molecule has 20 heavy (non-hydrogen) atoms. The van der Waals surface area contributed by atoms with Crippen LogP contribution in [0.25, 0.3) is 0 Å². The summed E-state index contributed by atoms with van der Waals surface area (Å²) in [4.78, 5) is 0. The number of hydrogen-bond acceptors (Lipinski definition) is 0. The average Bonchev–Trinajstić information content (AvgIpc) is 2.46. The monoisotopic (exact) mass is 274 g/mol. The maximum absolute atomic E-state index is 12.7. The molecule has 106 valence electrons. The Kier molecular flexibility index (Phi) is 5.72. The van der Waals surface area contributed by atoms with E-state index < -0.39 is 0 Å². The Labute approximate surface area is 119 Å². The van der Waals surface area contributed by atoms with Crippen LogP contribution in [-0.4, -0.2) is 0 Å². The fourth-order valence-corrected chi connectivity index (χ4v) is 2.31. The maximum Gasteiger partial charge on any atom is 0.123 e. The molecule has 0 radical (unpaired) electrons. The summed E-state index contributed by atoms with van der Waals surface area (Å²) in [7, 11) is 0. The van der Waals surface area contributed by atoms with Gasteiger partial charge in [-0.3, -0.25) is 0 Å². The van der Waals surface area contributed by atoms with E-state index in [9.17, 15) is 8.78 Å². The Hall–Kier alpha value is -1.70. The van der Waals surface area contributed by atoms with Crippen LogP contribution in [0.1, 0.15) is 36.8 Å². The average molecular weight is 274 g/mol. The van der Waals surface area contributed by atoms with Crippen molar-refractivity contribution in [2.75, 3.05) is 0 Å². The highest BCUT2D eigenvalue weighted by molar-refractivity contribution is 5.16. The number of rotatable bonds is 7. The van der Waals surface area contributed by atoms with Gasteiger partial charge in [0, 0.05) is 0 Å². The number of aryl methyl sites for hydroxylation is 2. The van der Waals surface area contributed by atoms with Crippen LogP contribution < -0.4 is 0 Å². The molecular formula is C18H20F2. The molecule has 0 nitrogen and oxygen atoms in total. The van der Waals surface area contributed by atoms with Gasteiger partial charge in [0.1, 0.15) is 11.6 Å². The molecule has 2 aromatic rings. The van der Waals surface area contributed by atoms with Gasteiger partial charge in [0.05, 0.1) is 0 Å². The standard InChI is InChI=1S/C18H20F2/c19-17-11-7-15(8-12-17)5-3-1-2-4-6-16-9-13-18(20)14-10-16/h7-14H,1-6H2. The van der Waals surface area contributed by atoms with E-state index in [2.05, 4.69) is 0 Å². The number of benzene rings is 2. The molecule has 0 aliphatic rings. The Bertz CT molecular complexity index is 450. The van der Waals surface area contributed by atoms with Crippen molar-refractivity contribution in [3.8, 4) is 0 Å². The van der Waals surface area contributed by atoms with E-state index in [1.54, 1.807) is 0 Å². The molecule has 2 heteroatoms. The minimum absolute atomic E-state index is 0.173. The van der Waals surface area contributed by atoms with E-state index in [1.165, 1.54) is 48.2 Å². The van der Waals surface area contributed by atoms with Gasteiger partial charge in [0.2, 0.25) is 0 Å². The maximum atomic E-state index is 12.7. The van der Waals surface area contributed by atoms with Gasteiger partial charge < -0.3 is 0 Å². The zero-order valence-corrected chi connectivity index (χ0v) is 11.6. The summed E-state index contributed by atoms with van der Waals surface area (Å²) in [6.07, 6.45) is 6.65. The second-order valence-electron chi connectivity index (χ2n) is 5.17. The summed E-state index contributed by atoms with van der Waals surface area (Å²) in [6, 6.07) is 13.5. The predicted octanol–water partition coefficient (Wildman–Crippen LogP) is 5.31. The Morgan fingerprint density at radius 3 is 1.20 bits per heavy atom. The first kappa shape index (κ1) is 14.7. The first-order valence-corrected chi connectivity index (χ1v) is 7.23. The molecule has 0 unspecified atom stereocenters. The lowest BCUT2D eigenvalue weighted by Gasteiger charge is -2.03. The molecule has 0 spiro atoms. The van der Waals surface area contributed by atoms with Crippen LogP contribution in [0.2, 0.25) is 0 Å². The van der Waals surface area contributed by atoms with E-state index in [4.69, 9.17) is 0 Å². The highest BCUT2D eigenvalue weighted by Crippen LogP contribution is 2.12. The summed E-state index contributed by atoms with van der Waals surface area (Å²) < 4.78 is 25.5. The van der Waals surface area contributed by atoms with Crippen molar-refractivity contribution in [2.45, 2.75) is 38.5 Å². The lowest BCUT2D eigenvalue weighted by Crippen LogP contribution is -1.89. The molecule has 0 atom stereocenters. The van der Waals surface area contributed by atoms with Crippen molar-refractivity contribution in [1.29, 1.82) is 0 Å². The largest absolute Gasteiger partial charge is 0.207 e. The van der Waals surface area contributed by atoms with Crippen LogP contribution in [0, 0.1) is 11.6 Å². The summed E-state index contributed by atoms with van der Waals surface area (Å²) in [5, 5.41) is 0. The third-order valence-electron chi connectivity index (χ3n) is 3.51. The van der Waals surface area contributed by atoms with Gasteiger partial charge in [-0.15, -0.1) is 0 Å². The number of halogens is 2. The molecule has 0 N–H and O–H groups in total. The molecule has 0 fully saturated rings. The molecule has 0 saturated carbocycles. The lowest BCUT2D eigenvalue weighted by molar-refractivity contribution is 0.620. The SMILES string of the molecule is Fc1ccc(CCCCCCc2ccc(F)cc2)cc1. The molecule has 2 rings (SSSR count). The van der Waals surface area contributed by atoms with Gasteiger partial charge >= 0.3 is 0 Å². The summed E-state index contributed by atoms with van der Waals surface area (Å²) in [6.45, 7) is 0. The minimum Gasteiger partial charge on any atom is -0.207 e. The zero-order valence-electron chi connectivity index (χ0n) is 11.6. The fourth-order valence-electron chi connectivity index (χ4n) is 2.31. The van der Waals surface area contributed by atoms with Crippen LogP contribution in [0.5, 0.6) is 0 Å². The van der Waals surface area contributed by atoms with Gasteiger partial charge in [-0.2, -0.15) is 0 Å². The highest BCUT2D eigenvalue weighted by atomic mass is 19.1. The topological polar surface area (TPSA) is 0 Å². The molecule has 0 bridgehead atoms. The van der Waals surface area contributed by atoms with Gasteiger partial charge in [0.15, 0.2) is 0 Å². The molecule has 0 aliphatic heterocycles. The molecule has 0 amide bonds. The third-order valence-corrected chi connectivity index (χ3v) is 3.51. The van der Waals surface area contributed by atoms with E-state index in [0.29, 0.717) is 0 Å². The van der Waals surface area contributed by atoms with E-state index >= 15 is 0 Å². The van der Waals surface area contributed by atoms with Crippen LogP contribution in [0.4, 0.5) is 8.78 Å². The van der Waals surface area contributed by atoms with Crippen molar-refractivity contribution < 1.29 is 8.78 Å². The number of hydrogen-bond donors (Lipinski definition) is 0. The minimum atomic E-state index is -0.173. The smallest absolute Gasteiger partial charge is 0.123 e. The molecule has 0 saturated heterocycles. The van der Waals surface area contributed by atoms with Crippen molar-refractivity contribution in [1.82, 2.24) is 0 Å².